The van der Waals surface area contributed by atoms with Crippen LogP contribution < -0.4 is 0 Å². The lowest BCUT2D eigenvalue weighted by Crippen LogP contribution is -2.28. The Kier molecular flexibility index (Phi) is 25.8. The summed E-state index contributed by atoms with van der Waals surface area (Å²) in [5.74, 6) is -0.696. The molecule has 0 aliphatic carbocycles. The first kappa shape index (κ1) is 33.9. The molecule has 0 aromatic heterocycles. The molecule has 1 unspecified atom stereocenters. The molecule has 0 spiro atoms. The van der Waals surface area contributed by atoms with Crippen LogP contribution in [0.1, 0.15) is 117 Å². The first-order chi connectivity index (χ1) is 17.6. The highest BCUT2D eigenvalue weighted by Crippen LogP contribution is 2.11. The Labute approximate surface area is 220 Å². The molecule has 0 rings (SSSR count). The summed E-state index contributed by atoms with van der Waals surface area (Å²) >= 11 is 0. The van der Waals surface area contributed by atoms with Crippen LogP contribution in [-0.4, -0.2) is 36.4 Å². The molecule has 1 N–H and O–H groups in total. The van der Waals surface area contributed by atoms with Gasteiger partial charge in [-0.1, -0.05) is 114 Å². The largest absolute Gasteiger partial charge is 0.462 e. The Morgan fingerprint density at radius 1 is 0.667 bits per heavy atom. The van der Waals surface area contributed by atoms with Crippen molar-refractivity contribution < 1.29 is 24.2 Å². The van der Waals surface area contributed by atoms with Crippen LogP contribution >= 0.6 is 0 Å². The molecular formula is C31H52O5. The lowest BCUT2D eigenvalue weighted by molar-refractivity contribution is -0.161. The fourth-order valence-corrected chi connectivity index (χ4v) is 3.51. The molecule has 0 saturated carbocycles. The van der Waals surface area contributed by atoms with Crippen molar-refractivity contribution in [3.63, 3.8) is 0 Å². The van der Waals surface area contributed by atoms with Crippen LogP contribution in [0.15, 0.2) is 48.6 Å². The molecule has 0 fully saturated rings. The number of aliphatic hydroxyl groups excluding tert-OH is 1. The second kappa shape index (κ2) is 27.4. The normalized spacial score (nSPS) is 12.9. The van der Waals surface area contributed by atoms with E-state index >= 15 is 0 Å². The summed E-state index contributed by atoms with van der Waals surface area (Å²) in [5, 5.41) is 9.42. The lowest BCUT2D eigenvalue weighted by atomic mass is 10.1. The molecule has 0 aromatic rings. The minimum atomic E-state index is -0.804. The quantitative estimate of drug-likeness (QED) is 0.0820. The molecular weight excluding hydrogens is 452 g/mol. The van der Waals surface area contributed by atoms with Crippen molar-refractivity contribution in [2.75, 3.05) is 13.2 Å². The summed E-state index contributed by atoms with van der Waals surface area (Å²) in [6.45, 7) is 3.90. The Morgan fingerprint density at radius 2 is 1.19 bits per heavy atom. The lowest BCUT2D eigenvalue weighted by Gasteiger charge is -2.15. The SMILES string of the molecule is CC/C=C\C/C=C\C/C=C\C/C=C\CCC(=O)OC(CO)COC(=O)CCCCCCCCCCC. The zero-order chi connectivity index (χ0) is 26.5. The van der Waals surface area contributed by atoms with Gasteiger partial charge in [-0.2, -0.15) is 0 Å². The molecule has 1 atom stereocenters. The summed E-state index contributed by atoms with van der Waals surface area (Å²) < 4.78 is 10.4. The molecule has 0 radical (unpaired) electrons. The topological polar surface area (TPSA) is 72.8 Å². The van der Waals surface area contributed by atoms with Gasteiger partial charge in [0, 0.05) is 12.8 Å². The van der Waals surface area contributed by atoms with Gasteiger partial charge in [-0.25, -0.2) is 0 Å². The summed E-state index contributed by atoms with van der Waals surface area (Å²) in [7, 11) is 0. The van der Waals surface area contributed by atoms with Gasteiger partial charge in [-0.05, 0) is 38.5 Å². The molecule has 0 heterocycles. The average molecular weight is 505 g/mol. The summed E-state index contributed by atoms with van der Waals surface area (Å²) in [5.41, 5.74) is 0. The van der Waals surface area contributed by atoms with Gasteiger partial charge < -0.3 is 14.6 Å². The van der Waals surface area contributed by atoms with Crippen LogP contribution in [0.3, 0.4) is 0 Å². The summed E-state index contributed by atoms with van der Waals surface area (Å²) in [4.78, 5) is 23.9. The monoisotopic (exact) mass is 504 g/mol. The van der Waals surface area contributed by atoms with Crippen LogP contribution in [0.25, 0.3) is 0 Å². The maximum atomic E-state index is 12.0. The Balaban J connectivity index is 3.78. The number of hydrogen-bond acceptors (Lipinski definition) is 5. The Morgan fingerprint density at radius 3 is 1.75 bits per heavy atom. The van der Waals surface area contributed by atoms with Gasteiger partial charge in [-0.3, -0.25) is 9.59 Å². The zero-order valence-electron chi connectivity index (χ0n) is 23.0. The van der Waals surface area contributed by atoms with Gasteiger partial charge in [0.15, 0.2) is 6.10 Å². The molecule has 36 heavy (non-hydrogen) atoms. The van der Waals surface area contributed by atoms with Gasteiger partial charge in [0.25, 0.3) is 0 Å². The van der Waals surface area contributed by atoms with E-state index < -0.39 is 12.1 Å². The molecule has 0 amide bonds. The van der Waals surface area contributed by atoms with Crippen LogP contribution in [-0.2, 0) is 19.1 Å². The summed E-state index contributed by atoms with van der Waals surface area (Å²) in [6.07, 6.45) is 31.7. The second-order valence-electron chi connectivity index (χ2n) is 9.10. The van der Waals surface area contributed by atoms with Gasteiger partial charge in [-0.15, -0.1) is 0 Å². The van der Waals surface area contributed by atoms with E-state index in [9.17, 15) is 14.7 Å². The second-order valence-corrected chi connectivity index (χ2v) is 9.10. The van der Waals surface area contributed by atoms with E-state index in [-0.39, 0.29) is 25.6 Å². The molecule has 0 aliphatic heterocycles. The highest BCUT2D eigenvalue weighted by Gasteiger charge is 2.15. The van der Waals surface area contributed by atoms with E-state index in [0.717, 1.165) is 44.9 Å². The van der Waals surface area contributed by atoms with Gasteiger partial charge >= 0.3 is 11.9 Å². The predicted octanol–water partition coefficient (Wildman–Crippen LogP) is 7.94. The van der Waals surface area contributed by atoms with E-state index in [1.807, 2.05) is 12.2 Å². The number of allylic oxidation sites excluding steroid dienone is 8. The van der Waals surface area contributed by atoms with Crippen molar-refractivity contribution in [2.45, 2.75) is 123 Å². The van der Waals surface area contributed by atoms with Gasteiger partial charge in [0.2, 0.25) is 0 Å². The van der Waals surface area contributed by atoms with Gasteiger partial charge in [0.1, 0.15) is 6.61 Å². The highest BCUT2D eigenvalue weighted by atomic mass is 16.6. The van der Waals surface area contributed by atoms with E-state index in [1.165, 1.54) is 38.5 Å². The molecule has 0 aliphatic rings. The third-order valence-electron chi connectivity index (χ3n) is 5.65. The van der Waals surface area contributed by atoms with Crippen LogP contribution in [0.4, 0.5) is 0 Å². The van der Waals surface area contributed by atoms with E-state index in [1.54, 1.807) is 0 Å². The van der Waals surface area contributed by atoms with Crippen molar-refractivity contribution >= 4 is 11.9 Å². The van der Waals surface area contributed by atoms with Gasteiger partial charge in [0.05, 0.1) is 6.61 Å². The summed E-state index contributed by atoms with van der Waals surface area (Å²) in [6, 6.07) is 0. The van der Waals surface area contributed by atoms with Crippen LogP contribution in [0.2, 0.25) is 0 Å². The zero-order valence-corrected chi connectivity index (χ0v) is 23.0. The van der Waals surface area contributed by atoms with Crippen molar-refractivity contribution in [3.8, 4) is 0 Å². The smallest absolute Gasteiger partial charge is 0.306 e. The van der Waals surface area contributed by atoms with E-state index in [2.05, 4.69) is 50.3 Å². The highest BCUT2D eigenvalue weighted by molar-refractivity contribution is 5.70. The molecule has 0 aromatic carbocycles. The third kappa shape index (κ3) is 25.0. The number of hydrogen-bond donors (Lipinski definition) is 1. The number of ether oxygens (including phenoxy) is 2. The average Bonchev–Trinajstić information content (AvgIpc) is 2.88. The number of aliphatic hydroxyl groups is 1. The number of rotatable bonds is 24. The molecule has 5 nitrogen and oxygen atoms in total. The number of carbonyl (C=O) groups is 2. The standard InChI is InChI=1S/C31H52O5/c1-3-5-7-9-11-13-14-15-16-18-20-22-24-26-31(34)36-29(27-32)28-35-30(33)25-23-21-19-17-12-10-8-6-4-2/h5,7,11,13,15-16,20,22,29,32H,3-4,6,8-10,12,14,17-19,21,23-28H2,1-2H3/b7-5-,13-11-,16-15-,22-20-. The molecule has 0 bridgehead atoms. The maximum Gasteiger partial charge on any atom is 0.306 e. The van der Waals surface area contributed by atoms with Crippen molar-refractivity contribution in [1.29, 1.82) is 0 Å². The number of unbranched alkanes of at least 4 members (excludes halogenated alkanes) is 8. The fourth-order valence-electron chi connectivity index (χ4n) is 3.51. The Hall–Kier alpha value is -2.14. The minimum absolute atomic E-state index is 0.0948. The van der Waals surface area contributed by atoms with E-state index in [4.69, 9.17) is 9.47 Å². The first-order valence-electron chi connectivity index (χ1n) is 14.2. The molecule has 206 valence electrons. The Bertz CT molecular complexity index is 633. The van der Waals surface area contributed by atoms with Crippen molar-refractivity contribution in [3.05, 3.63) is 48.6 Å². The van der Waals surface area contributed by atoms with Crippen molar-refractivity contribution in [1.82, 2.24) is 0 Å². The predicted molar refractivity (Wildman–Crippen MR) is 150 cm³/mol. The van der Waals surface area contributed by atoms with Crippen molar-refractivity contribution in [2.24, 2.45) is 0 Å². The third-order valence-corrected chi connectivity index (χ3v) is 5.65. The fraction of sp³-hybridized carbons (Fsp3) is 0.677. The first-order valence-corrected chi connectivity index (χ1v) is 14.2. The van der Waals surface area contributed by atoms with E-state index in [0.29, 0.717) is 12.8 Å². The number of carbonyl (C=O) groups excluding carboxylic acids is 2. The molecule has 5 heteroatoms. The van der Waals surface area contributed by atoms with Crippen LogP contribution in [0.5, 0.6) is 0 Å². The number of esters is 2. The van der Waals surface area contributed by atoms with Crippen LogP contribution in [0, 0.1) is 0 Å². The maximum absolute atomic E-state index is 12.0. The minimum Gasteiger partial charge on any atom is -0.462 e. The molecule has 0 saturated heterocycles.